The Balaban J connectivity index is 4.16. The van der Waals surface area contributed by atoms with Crippen molar-refractivity contribution in [2.24, 2.45) is 0 Å². The van der Waals surface area contributed by atoms with Crippen molar-refractivity contribution in [2.75, 3.05) is 18.1 Å². The normalized spacial score (nSPS) is 11.3. The largest absolute Gasteiger partial charge is 0.460 e. The Morgan fingerprint density at radius 2 is 2.12 bits per heavy atom. The summed E-state index contributed by atoms with van der Waals surface area (Å²) in [4.78, 5) is 22.4. The molecule has 0 aromatic rings. The summed E-state index contributed by atoms with van der Waals surface area (Å²) in [6.45, 7) is 8.54. The molecule has 90 valence electrons. The number of esters is 1. The Hall–Kier alpha value is -1.23. The molecule has 0 radical (unpaired) electrons. The third-order valence-electron chi connectivity index (χ3n) is 1.53. The zero-order chi connectivity index (χ0) is 12.4. The molecule has 0 aliphatic rings. The van der Waals surface area contributed by atoms with Gasteiger partial charge < -0.3 is 10.1 Å². The van der Waals surface area contributed by atoms with Crippen LogP contribution in [-0.2, 0) is 14.3 Å². The summed E-state index contributed by atoms with van der Waals surface area (Å²) in [5, 5.41) is 2.54. The third kappa shape index (κ3) is 7.11. The maximum absolute atomic E-state index is 11.5. The Kier molecular flexibility index (Phi) is 8.34. The number of hydrogen-bond acceptors (Lipinski definition) is 4. The molecule has 4 nitrogen and oxygen atoms in total. The summed E-state index contributed by atoms with van der Waals surface area (Å²) in [6.07, 6.45) is 3.23. The van der Waals surface area contributed by atoms with Crippen molar-refractivity contribution in [1.29, 1.82) is 0 Å². The van der Waals surface area contributed by atoms with Gasteiger partial charge in [0.25, 0.3) is 0 Å². The number of rotatable bonds is 8. The van der Waals surface area contributed by atoms with Crippen LogP contribution in [0.25, 0.3) is 0 Å². The maximum atomic E-state index is 11.5. The van der Waals surface area contributed by atoms with E-state index in [1.807, 2.05) is 0 Å². The molecule has 0 spiro atoms. The van der Waals surface area contributed by atoms with E-state index in [4.69, 9.17) is 4.74 Å². The minimum Gasteiger partial charge on any atom is -0.460 e. The molecule has 0 aromatic heterocycles. The van der Waals surface area contributed by atoms with Crippen molar-refractivity contribution in [3.8, 4) is 0 Å². The maximum Gasteiger partial charge on any atom is 0.329 e. The third-order valence-corrected chi connectivity index (χ3v) is 2.57. The van der Waals surface area contributed by atoms with Crippen LogP contribution in [0.15, 0.2) is 25.3 Å². The van der Waals surface area contributed by atoms with Gasteiger partial charge in [0, 0.05) is 18.4 Å². The molecule has 0 fully saturated rings. The molecule has 0 heterocycles. The zero-order valence-electron chi connectivity index (χ0n) is 9.40. The van der Waals surface area contributed by atoms with Gasteiger partial charge >= 0.3 is 5.97 Å². The number of hydrogen-bond donors (Lipinski definition) is 1. The molecule has 5 heteroatoms. The topological polar surface area (TPSA) is 55.4 Å². The molecule has 0 aliphatic heterocycles. The van der Waals surface area contributed by atoms with Crippen LogP contribution in [0.3, 0.4) is 0 Å². The molecule has 1 atom stereocenters. The van der Waals surface area contributed by atoms with Gasteiger partial charge in [-0.15, -0.1) is 6.58 Å². The molecule has 0 rings (SSSR count). The molecule has 0 saturated heterocycles. The fourth-order valence-electron chi connectivity index (χ4n) is 0.925. The van der Waals surface area contributed by atoms with Gasteiger partial charge in [0.15, 0.2) is 0 Å². The van der Waals surface area contributed by atoms with Gasteiger partial charge in [0.1, 0.15) is 12.6 Å². The van der Waals surface area contributed by atoms with E-state index in [1.54, 1.807) is 6.08 Å². The highest BCUT2D eigenvalue weighted by Gasteiger charge is 2.20. The average molecular weight is 243 g/mol. The second kappa shape index (κ2) is 9.03. The second-order valence-electron chi connectivity index (χ2n) is 3.00. The summed E-state index contributed by atoms with van der Waals surface area (Å²) < 4.78 is 4.87. The van der Waals surface area contributed by atoms with E-state index in [0.29, 0.717) is 5.75 Å². The van der Waals surface area contributed by atoms with Gasteiger partial charge in [-0.25, -0.2) is 4.79 Å². The van der Waals surface area contributed by atoms with Crippen molar-refractivity contribution >= 4 is 23.6 Å². The number of thioether (sulfide) groups is 1. The molecular formula is C11H17NO3S. The van der Waals surface area contributed by atoms with Gasteiger partial charge in [-0.2, -0.15) is 11.8 Å². The lowest BCUT2D eigenvalue weighted by atomic mass is 10.3. The van der Waals surface area contributed by atoms with E-state index in [9.17, 15) is 9.59 Å². The monoisotopic (exact) mass is 243 g/mol. The van der Waals surface area contributed by atoms with Gasteiger partial charge in [-0.1, -0.05) is 18.7 Å². The Morgan fingerprint density at radius 3 is 2.62 bits per heavy atom. The Bertz CT molecular complexity index is 266. The first-order valence-electron chi connectivity index (χ1n) is 4.85. The molecule has 0 saturated carbocycles. The van der Waals surface area contributed by atoms with Gasteiger partial charge in [-0.3, -0.25) is 4.79 Å². The zero-order valence-corrected chi connectivity index (χ0v) is 10.2. The summed E-state index contributed by atoms with van der Waals surface area (Å²) in [5.41, 5.74) is 0. The minimum absolute atomic E-state index is 0.154. The van der Waals surface area contributed by atoms with Crippen LogP contribution in [0.4, 0.5) is 0 Å². The highest BCUT2D eigenvalue weighted by atomic mass is 32.2. The molecular weight excluding hydrogens is 226 g/mol. The van der Waals surface area contributed by atoms with Gasteiger partial charge in [-0.05, 0) is 0 Å². The molecule has 1 N–H and O–H groups in total. The summed E-state index contributed by atoms with van der Waals surface area (Å²) in [5.74, 6) is 0.512. The van der Waals surface area contributed by atoms with E-state index in [0.717, 1.165) is 5.75 Å². The first-order valence-corrected chi connectivity index (χ1v) is 6.00. The summed E-state index contributed by atoms with van der Waals surface area (Å²) >= 11 is 1.51. The summed E-state index contributed by atoms with van der Waals surface area (Å²) in [6, 6.07) is -0.609. The number of ether oxygens (including phenoxy) is 1. The molecule has 0 aliphatic carbocycles. The predicted molar refractivity (Wildman–Crippen MR) is 66.3 cm³/mol. The summed E-state index contributed by atoms with van der Waals surface area (Å²) in [7, 11) is 0. The van der Waals surface area contributed by atoms with Crippen LogP contribution < -0.4 is 5.32 Å². The van der Waals surface area contributed by atoms with Crippen LogP contribution in [-0.4, -0.2) is 36.0 Å². The Morgan fingerprint density at radius 1 is 1.44 bits per heavy atom. The smallest absolute Gasteiger partial charge is 0.329 e. The van der Waals surface area contributed by atoms with E-state index in [1.165, 1.54) is 24.8 Å². The molecule has 0 aromatic carbocycles. The predicted octanol–water partition coefficient (Wildman–Crippen LogP) is 1.14. The van der Waals surface area contributed by atoms with Crippen molar-refractivity contribution in [2.45, 2.75) is 13.0 Å². The van der Waals surface area contributed by atoms with Crippen LogP contribution >= 0.6 is 11.8 Å². The highest BCUT2D eigenvalue weighted by Crippen LogP contribution is 2.04. The van der Waals surface area contributed by atoms with Crippen molar-refractivity contribution in [1.82, 2.24) is 5.32 Å². The number of nitrogens with one attached hydrogen (secondary N) is 1. The van der Waals surface area contributed by atoms with Crippen molar-refractivity contribution < 1.29 is 14.3 Å². The lowest BCUT2D eigenvalue weighted by molar-refractivity contribution is -0.145. The van der Waals surface area contributed by atoms with Crippen LogP contribution in [0.5, 0.6) is 0 Å². The average Bonchev–Trinajstić information content (AvgIpc) is 2.24. The number of carbonyl (C=O) groups excluding carboxylic acids is 2. The van der Waals surface area contributed by atoms with E-state index in [2.05, 4.69) is 18.5 Å². The standard InChI is InChI=1S/C11H17NO3S/c1-4-6-15-11(14)10(12-9(3)13)8-16-7-5-2/h4-5,10H,1-2,6-8H2,3H3,(H,12,13). The molecule has 1 unspecified atom stereocenters. The van der Waals surface area contributed by atoms with Crippen molar-refractivity contribution in [3.05, 3.63) is 25.3 Å². The van der Waals surface area contributed by atoms with Crippen LogP contribution in [0.2, 0.25) is 0 Å². The number of carbonyl (C=O) groups is 2. The van der Waals surface area contributed by atoms with Crippen molar-refractivity contribution in [3.63, 3.8) is 0 Å². The fraction of sp³-hybridized carbons (Fsp3) is 0.455. The van der Waals surface area contributed by atoms with Crippen LogP contribution in [0, 0.1) is 0 Å². The van der Waals surface area contributed by atoms with Crippen LogP contribution in [0.1, 0.15) is 6.92 Å². The first kappa shape index (κ1) is 14.8. The fourth-order valence-corrected chi connectivity index (χ4v) is 1.68. The molecule has 0 bridgehead atoms. The molecule has 16 heavy (non-hydrogen) atoms. The molecule has 1 amide bonds. The van der Waals surface area contributed by atoms with Gasteiger partial charge in [0.05, 0.1) is 0 Å². The number of amides is 1. The lowest BCUT2D eigenvalue weighted by Crippen LogP contribution is -2.42. The second-order valence-corrected chi connectivity index (χ2v) is 4.07. The quantitative estimate of drug-likeness (QED) is 0.394. The Labute approximate surface area is 100 Å². The highest BCUT2D eigenvalue weighted by molar-refractivity contribution is 7.99. The SMILES string of the molecule is C=CCOC(=O)C(CSCC=C)NC(C)=O. The minimum atomic E-state index is -0.609. The van der Waals surface area contributed by atoms with E-state index < -0.39 is 12.0 Å². The van der Waals surface area contributed by atoms with Gasteiger partial charge in [0.2, 0.25) is 5.91 Å². The van der Waals surface area contributed by atoms with E-state index in [-0.39, 0.29) is 12.5 Å². The lowest BCUT2D eigenvalue weighted by Gasteiger charge is -2.15. The first-order chi connectivity index (χ1) is 7.61. The van der Waals surface area contributed by atoms with E-state index >= 15 is 0 Å².